The van der Waals surface area contributed by atoms with E-state index in [2.05, 4.69) is 14.9 Å². The molecule has 1 unspecified atom stereocenters. The maximum Gasteiger partial charge on any atom is 0.225 e. The van der Waals surface area contributed by atoms with Gasteiger partial charge in [-0.15, -0.1) is 11.3 Å². The predicted molar refractivity (Wildman–Crippen MR) is 113 cm³/mol. The monoisotopic (exact) mass is 413 g/mol. The lowest BCUT2D eigenvalue weighted by Crippen LogP contribution is -2.38. The van der Waals surface area contributed by atoms with Crippen LogP contribution in [0.2, 0.25) is 0 Å². The topological polar surface area (TPSA) is 54.4 Å². The summed E-state index contributed by atoms with van der Waals surface area (Å²) >= 11 is 1.72. The highest BCUT2D eigenvalue weighted by Crippen LogP contribution is 2.32. The van der Waals surface area contributed by atoms with Crippen LogP contribution in [0.4, 0.5) is 10.3 Å². The molecular formula is C21H24FN5OS. The normalized spacial score (nSPS) is 17.4. The van der Waals surface area contributed by atoms with E-state index in [1.807, 2.05) is 38.2 Å². The standard InChI is InChI=1S/C21H24FN5OS/c1-14-23-10-17(29-14)12-27-7-8-28-19(13-27)20-18(11-24-21(25-20)26(2)3)15-5-4-6-16(22)9-15/h4-6,9-11,19H,7-8,12-13H2,1-3H3. The Morgan fingerprint density at radius 1 is 1.28 bits per heavy atom. The summed E-state index contributed by atoms with van der Waals surface area (Å²) < 4.78 is 20.0. The molecule has 0 aliphatic carbocycles. The molecule has 0 spiro atoms. The van der Waals surface area contributed by atoms with E-state index in [1.54, 1.807) is 23.6 Å². The minimum atomic E-state index is -0.281. The highest BCUT2D eigenvalue weighted by atomic mass is 32.1. The van der Waals surface area contributed by atoms with E-state index in [9.17, 15) is 4.39 Å². The molecule has 0 N–H and O–H groups in total. The van der Waals surface area contributed by atoms with Gasteiger partial charge in [0.05, 0.1) is 17.3 Å². The minimum Gasteiger partial charge on any atom is -0.369 e. The second-order valence-electron chi connectivity index (χ2n) is 7.31. The van der Waals surface area contributed by atoms with Gasteiger partial charge >= 0.3 is 0 Å². The summed E-state index contributed by atoms with van der Waals surface area (Å²) in [6.45, 7) is 5.04. The molecule has 0 radical (unpaired) electrons. The highest BCUT2D eigenvalue weighted by molar-refractivity contribution is 7.11. The van der Waals surface area contributed by atoms with E-state index in [1.165, 1.54) is 17.0 Å². The molecule has 1 saturated heterocycles. The lowest BCUT2D eigenvalue weighted by atomic mass is 10.0. The fourth-order valence-electron chi connectivity index (χ4n) is 3.43. The Bertz CT molecular complexity index is 993. The molecule has 1 aliphatic rings. The Labute approximate surface area is 174 Å². The number of ether oxygens (including phenoxy) is 1. The predicted octanol–water partition coefficient (Wildman–Crippen LogP) is 3.69. The fourth-order valence-corrected chi connectivity index (χ4v) is 4.27. The first kappa shape index (κ1) is 19.9. The number of nitrogens with zero attached hydrogens (tertiary/aromatic N) is 5. The molecule has 0 amide bonds. The zero-order valence-corrected chi connectivity index (χ0v) is 17.6. The van der Waals surface area contributed by atoms with E-state index in [0.29, 0.717) is 19.1 Å². The number of hydrogen-bond acceptors (Lipinski definition) is 7. The van der Waals surface area contributed by atoms with Gasteiger partial charge < -0.3 is 9.64 Å². The molecule has 1 aliphatic heterocycles. The van der Waals surface area contributed by atoms with E-state index in [-0.39, 0.29) is 11.9 Å². The van der Waals surface area contributed by atoms with Gasteiger partial charge in [-0.05, 0) is 24.6 Å². The number of anilines is 1. The van der Waals surface area contributed by atoms with Crippen LogP contribution in [-0.2, 0) is 11.3 Å². The first-order valence-corrected chi connectivity index (χ1v) is 10.4. The van der Waals surface area contributed by atoms with Crippen molar-refractivity contribution in [3.05, 3.63) is 58.1 Å². The Morgan fingerprint density at radius 3 is 2.86 bits per heavy atom. The molecule has 3 aromatic rings. The minimum absolute atomic E-state index is 0.210. The molecule has 0 saturated carbocycles. The second-order valence-corrected chi connectivity index (χ2v) is 8.63. The zero-order chi connectivity index (χ0) is 20.4. The molecule has 1 atom stereocenters. The summed E-state index contributed by atoms with van der Waals surface area (Å²) in [6.07, 6.45) is 3.50. The summed E-state index contributed by atoms with van der Waals surface area (Å²) in [7, 11) is 3.81. The Balaban J connectivity index is 1.65. The lowest BCUT2D eigenvalue weighted by Gasteiger charge is -2.33. The van der Waals surface area contributed by atoms with Gasteiger partial charge in [-0.25, -0.2) is 19.3 Å². The lowest BCUT2D eigenvalue weighted by molar-refractivity contribution is -0.0344. The quantitative estimate of drug-likeness (QED) is 0.636. The van der Waals surface area contributed by atoms with Crippen molar-refractivity contribution >= 4 is 17.3 Å². The van der Waals surface area contributed by atoms with Crippen LogP contribution < -0.4 is 4.90 Å². The number of aryl methyl sites for hydroxylation is 1. The van der Waals surface area contributed by atoms with Crippen LogP contribution in [0.25, 0.3) is 11.1 Å². The van der Waals surface area contributed by atoms with Crippen LogP contribution in [-0.4, -0.2) is 53.6 Å². The molecule has 3 heterocycles. The average Bonchev–Trinajstić information content (AvgIpc) is 3.12. The van der Waals surface area contributed by atoms with E-state index >= 15 is 0 Å². The van der Waals surface area contributed by atoms with Crippen molar-refractivity contribution in [2.75, 3.05) is 38.7 Å². The van der Waals surface area contributed by atoms with E-state index in [0.717, 1.165) is 34.9 Å². The highest BCUT2D eigenvalue weighted by Gasteiger charge is 2.27. The van der Waals surface area contributed by atoms with Gasteiger partial charge in [0.15, 0.2) is 0 Å². The Morgan fingerprint density at radius 2 is 2.14 bits per heavy atom. The third kappa shape index (κ3) is 4.60. The van der Waals surface area contributed by atoms with Crippen molar-refractivity contribution < 1.29 is 9.13 Å². The number of halogens is 1. The molecule has 1 fully saturated rings. The van der Waals surface area contributed by atoms with Gasteiger partial charge in [0.2, 0.25) is 5.95 Å². The molecular weight excluding hydrogens is 389 g/mol. The molecule has 29 heavy (non-hydrogen) atoms. The molecule has 4 rings (SSSR count). The number of hydrogen-bond donors (Lipinski definition) is 0. The van der Waals surface area contributed by atoms with Gasteiger partial charge in [0.1, 0.15) is 11.9 Å². The number of benzene rings is 1. The van der Waals surface area contributed by atoms with Crippen LogP contribution >= 0.6 is 11.3 Å². The summed E-state index contributed by atoms with van der Waals surface area (Å²) in [4.78, 5) is 19.0. The first-order chi connectivity index (χ1) is 14.0. The van der Waals surface area contributed by atoms with Crippen LogP contribution in [0.15, 0.2) is 36.7 Å². The third-order valence-corrected chi connectivity index (χ3v) is 5.74. The average molecular weight is 414 g/mol. The number of thiazole rings is 1. The van der Waals surface area contributed by atoms with Gasteiger partial charge in [0.25, 0.3) is 0 Å². The maximum absolute atomic E-state index is 13.8. The van der Waals surface area contributed by atoms with Gasteiger partial charge in [-0.2, -0.15) is 0 Å². The molecule has 6 nitrogen and oxygen atoms in total. The summed E-state index contributed by atoms with van der Waals surface area (Å²) in [5.74, 6) is 0.329. The second kappa shape index (κ2) is 8.52. The zero-order valence-electron chi connectivity index (χ0n) is 16.8. The van der Waals surface area contributed by atoms with Crippen molar-refractivity contribution in [2.45, 2.75) is 19.6 Å². The van der Waals surface area contributed by atoms with E-state index < -0.39 is 0 Å². The summed E-state index contributed by atoms with van der Waals surface area (Å²) in [6, 6.07) is 6.53. The van der Waals surface area contributed by atoms with Crippen molar-refractivity contribution in [3.8, 4) is 11.1 Å². The Kier molecular flexibility index (Phi) is 5.84. The molecule has 1 aromatic carbocycles. The van der Waals surface area contributed by atoms with Crippen LogP contribution in [0.3, 0.4) is 0 Å². The number of rotatable bonds is 5. The van der Waals surface area contributed by atoms with Crippen LogP contribution in [0, 0.1) is 12.7 Å². The largest absolute Gasteiger partial charge is 0.369 e. The maximum atomic E-state index is 13.8. The van der Waals surface area contributed by atoms with Crippen LogP contribution in [0.5, 0.6) is 0 Å². The third-order valence-electron chi connectivity index (χ3n) is 4.85. The van der Waals surface area contributed by atoms with Gasteiger partial charge in [0, 0.05) is 56.6 Å². The number of morpholine rings is 1. The summed E-state index contributed by atoms with van der Waals surface area (Å²) in [5.41, 5.74) is 2.35. The van der Waals surface area contributed by atoms with Crippen molar-refractivity contribution in [1.29, 1.82) is 0 Å². The smallest absolute Gasteiger partial charge is 0.225 e. The van der Waals surface area contributed by atoms with Crippen molar-refractivity contribution in [2.24, 2.45) is 0 Å². The fraction of sp³-hybridized carbons (Fsp3) is 0.381. The van der Waals surface area contributed by atoms with Crippen molar-refractivity contribution in [3.63, 3.8) is 0 Å². The molecule has 8 heteroatoms. The van der Waals surface area contributed by atoms with Crippen molar-refractivity contribution in [1.82, 2.24) is 19.9 Å². The van der Waals surface area contributed by atoms with Crippen LogP contribution in [0.1, 0.15) is 21.7 Å². The van der Waals surface area contributed by atoms with E-state index in [4.69, 9.17) is 9.72 Å². The molecule has 0 bridgehead atoms. The van der Waals surface area contributed by atoms with Gasteiger partial charge in [-0.3, -0.25) is 4.90 Å². The van der Waals surface area contributed by atoms with Gasteiger partial charge in [-0.1, -0.05) is 12.1 Å². The number of aromatic nitrogens is 3. The first-order valence-electron chi connectivity index (χ1n) is 9.55. The summed E-state index contributed by atoms with van der Waals surface area (Å²) in [5, 5.41) is 1.07. The molecule has 152 valence electrons. The SMILES string of the molecule is Cc1ncc(CN2CCOC(c3nc(N(C)C)ncc3-c3cccc(F)c3)C2)s1. The molecule has 2 aromatic heterocycles. The Hall–Kier alpha value is -2.42.